The highest BCUT2D eigenvalue weighted by molar-refractivity contribution is 4.83. The van der Waals surface area contributed by atoms with E-state index in [1.54, 1.807) is 0 Å². The van der Waals surface area contributed by atoms with Gasteiger partial charge in [0.25, 0.3) is 0 Å². The summed E-state index contributed by atoms with van der Waals surface area (Å²) in [7, 11) is 0. The van der Waals surface area contributed by atoms with Crippen molar-refractivity contribution in [3.05, 3.63) is 0 Å². The van der Waals surface area contributed by atoms with E-state index in [-0.39, 0.29) is 0 Å². The molecule has 0 spiro atoms. The Morgan fingerprint density at radius 1 is 0.773 bits per heavy atom. The van der Waals surface area contributed by atoms with Crippen LogP contribution in [0.1, 0.15) is 104 Å². The van der Waals surface area contributed by atoms with Crippen LogP contribution in [0.4, 0.5) is 0 Å². The summed E-state index contributed by atoms with van der Waals surface area (Å²) in [4.78, 5) is 0. The molecule has 0 aromatic rings. The standard InChI is InChI=1S/C21H40O/c1-3-5-7-9-18-12-14-19(15-13-18)20-10-8-11-21(17-20)22-16-6-4-2/h18-21H,3-17H2,1-2H3/t18?,19?,20-,21-/m1/s1. The second-order valence-electron chi connectivity index (χ2n) is 8.05. The molecule has 2 aliphatic carbocycles. The molecule has 22 heavy (non-hydrogen) atoms. The molecule has 2 aliphatic rings. The van der Waals surface area contributed by atoms with Gasteiger partial charge in [-0.15, -0.1) is 0 Å². The van der Waals surface area contributed by atoms with Crippen LogP contribution < -0.4 is 0 Å². The molecule has 2 saturated carbocycles. The first kappa shape index (κ1) is 18.3. The Morgan fingerprint density at radius 3 is 2.27 bits per heavy atom. The van der Waals surface area contributed by atoms with Crippen molar-refractivity contribution in [3.63, 3.8) is 0 Å². The molecule has 2 atom stereocenters. The highest BCUT2D eigenvalue weighted by Crippen LogP contribution is 2.41. The van der Waals surface area contributed by atoms with Gasteiger partial charge < -0.3 is 4.74 Å². The van der Waals surface area contributed by atoms with E-state index in [0.717, 1.165) is 24.4 Å². The quantitative estimate of drug-likeness (QED) is 0.428. The lowest BCUT2D eigenvalue weighted by atomic mass is 9.70. The maximum atomic E-state index is 6.13. The number of hydrogen-bond donors (Lipinski definition) is 0. The summed E-state index contributed by atoms with van der Waals surface area (Å²) in [5, 5.41) is 0. The van der Waals surface area contributed by atoms with Crippen LogP contribution >= 0.6 is 0 Å². The Kier molecular flexibility index (Phi) is 8.89. The van der Waals surface area contributed by atoms with Crippen LogP contribution in [0.3, 0.4) is 0 Å². The topological polar surface area (TPSA) is 9.23 Å². The molecule has 0 N–H and O–H groups in total. The maximum absolute atomic E-state index is 6.13. The van der Waals surface area contributed by atoms with Gasteiger partial charge in [-0.05, 0) is 56.3 Å². The van der Waals surface area contributed by atoms with Crippen molar-refractivity contribution in [2.45, 2.75) is 110 Å². The largest absolute Gasteiger partial charge is 0.378 e. The Labute approximate surface area is 139 Å². The van der Waals surface area contributed by atoms with Crippen molar-refractivity contribution in [1.82, 2.24) is 0 Å². The summed E-state index contributed by atoms with van der Waals surface area (Å²) in [5.41, 5.74) is 0. The fourth-order valence-corrected chi connectivity index (χ4v) is 4.79. The summed E-state index contributed by atoms with van der Waals surface area (Å²) in [6.45, 7) is 5.57. The molecule has 0 amide bonds. The van der Waals surface area contributed by atoms with E-state index < -0.39 is 0 Å². The Hall–Kier alpha value is -0.0400. The van der Waals surface area contributed by atoms with E-state index in [2.05, 4.69) is 13.8 Å². The van der Waals surface area contributed by atoms with Crippen LogP contribution in [0, 0.1) is 17.8 Å². The van der Waals surface area contributed by atoms with E-state index in [4.69, 9.17) is 4.74 Å². The highest BCUT2D eigenvalue weighted by atomic mass is 16.5. The predicted octanol–water partition coefficient (Wildman–Crippen LogP) is 6.75. The minimum Gasteiger partial charge on any atom is -0.378 e. The fraction of sp³-hybridized carbons (Fsp3) is 1.00. The van der Waals surface area contributed by atoms with Crippen molar-refractivity contribution in [2.24, 2.45) is 17.8 Å². The van der Waals surface area contributed by atoms with Gasteiger partial charge in [-0.1, -0.05) is 65.2 Å². The van der Waals surface area contributed by atoms with E-state index in [0.29, 0.717) is 6.10 Å². The molecule has 0 heterocycles. The third-order valence-corrected chi connectivity index (χ3v) is 6.29. The van der Waals surface area contributed by atoms with Crippen molar-refractivity contribution in [1.29, 1.82) is 0 Å². The van der Waals surface area contributed by atoms with Crippen molar-refractivity contribution in [3.8, 4) is 0 Å². The predicted molar refractivity (Wildman–Crippen MR) is 96.2 cm³/mol. The van der Waals surface area contributed by atoms with Crippen LogP contribution in [-0.2, 0) is 4.74 Å². The van der Waals surface area contributed by atoms with Crippen molar-refractivity contribution >= 4 is 0 Å². The third kappa shape index (κ3) is 6.22. The van der Waals surface area contributed by atoms with Gasteiger partial charge in [0.15, 0.2) is 0 Å². The van der Waals surface area contributed by atoms with Crippen molar-refractivity contribution in [2.75, 3.05) is 6.61 Å². The second-order valence-corrected chi connectivity index (χ2v) is 8.05. The van der Waals surface area contributed by atoms with Gasteiger partial charge in [-0.3, -0.25) is 0 Å². The van der Waals surface area contributed by atoms with E-state index in [1.165, 1.54) is 89.9 Å². The minimum absolute atomic E-state index is 0.590. The van der Waals surface area contributed by atoms with Crippen LogP contribution in [0.2, 0.25) is 0 Å². The maximum Gasteiger partial charge on any atom is 0.0577 e. The third-order valence-electron chi connectivity index (χ3n) is 6.29. The van der Waals surface area contributed by atoms with Crippen LogP contribution in [0.25, 0.3) is 0 Å². The average Bonchev–Trinajstić information content (AvgIpc) is 2.56. The lowest BCUT2D eigenvalue weighted by Gasteiger charge is -2.38. The van der Waals surface area contributed by atoms with Crippen LogP contribution in [-0.4, -0.2) is 12.7 Å². The van der Waals surface area contributed by atoms with E-state index in [9.17, 15) is 0 Å². The van der Waals surface area contributed by atoms with Crippen LogP contribution in [0.15, 0.2) is 0 Å². The summed E-state index contributed by atoms with van der Waals surface area (Å²) in [6.07, 6.45) is 20.6. The van der Waals surface area contributed by atoms with Crippen molar-refractivity contribution < 1.29 is 4.74 Å². The zero-order valence-electron chi connectivity index (χ0n) is 15.3. The fourth-order valence-electron chi connectivity index (χ4n) is 4.79. The first-order valence-electron chi connectivity index (χ1n) is 10.4. The number of unbranched alkanes of at least 4 members (excludes halogenated alkanes) is 3. The lowest BCUT2D eigenvalue weighted by molar-refractivity contribution is -0.00324. The van der Waals surface area contributed by atoms with Gasteiger partial charge in [0.2, 0.25) is 0 Å². The molecule has 0 bridgehead atoms. The molecule has 0 aromatic carbocycles. The monoisotopic (exact) mass is 308 g/mol. The van der Waals surface area contributed by atoms with Gasteiger partial charge in [0.1, 0.15) is 0 Å². The van der Waals surface area contributed by atoms with Gasteiger partial charge in [-0.25, -0.2) is 0 Å². The summed E-state index contributed by atoms with van der Waals surface area (Å²) in [6, 6.07) is 0. The Balaban J connectivity index is 1.65. The number of ether oxygens (including phenoxy) is 1. The molecule has 0 radical (unpaired) electrons. The SMILES string of the molecule is CCCCCC1CCC([C@@H]2CCC[C@@H](OCCCC)C2)CC1. The molecule has 0 unspecified atom stereocenters. The molecular weight excluding hydrogens is 268 g/mol. The number of hydrogen-bond acceptors (Lipinski definition) is 1. The molecule has 0 aliphatic heterocycles. The van der Waals surface area contributed by atoms with Crippen LogP contribution in [0.5, 0.6) is 0 Å². The minimum atomic E-state index is 0.590. The first-order valence-corrected chi connectivity index (χ1v) is 10.4. The second kappa shape index (κ2) is 10.7. The summed E-state index contributed by atoms with van der Waals surface area (Å²) < 4.78 is 6.13. The van der Waals surface area contributed by atoms with E-state index in [1.807, 2.05) is 0 Å². The zero-order valence-corrected chi connectivity index (χ0v) is 15.3. The van der Waals surface area contributed by atoms with Gasteiger partial charge >= 0.3 is 0 Å². The lowest BCUT2D eigenvalue weighted by Crippen LogP contribution is -2.30. The molecule has 1 nitrogen and oxygen atoms in total. The van der Waals surface area contributed by atoms with Gasteiger partial charge in [0, 0.05) is 6.61 Å². The summed E-state index contributed by atoms with van der Waals surface area (Å²) in [5.74, 6) is 3.07. The zero-order chi connectivity index (χ0) is 15.6. The van der Waals surface area contributed by atoms with E-state index >= 15 is 0 Å². The van der Waals surface area contributed by atoms with Gasteiger partial charge in [0.05, 0.1) is 6.10 Å². The van der Waals surface area contributed by atoms with Gasteiger partial charge in [-0.2, -0.15) is 0 Å². The molecule has 1 heteroatoms. The molecule has 0 saturated heterocycles. The molecule has 2 rings (SSSR count). The normalized spacial score (nSPS) is 33.0. The summed E-state index contributed by atoms with van der Waals surface area (Å²) >= 11 is 0. The average molecular weight is 309 g/mol. The molecule has 0 aromatic heterocycles. The smallest absolute Gasteiger partial charge is 0.0577 e. The number of rotatable bonds is 9. The Morgan fingerprint density at radius 2 is 1.55 bits per heavy atom. The molecule has 130 valence electrons. The first-order chi connectivity index (χ1) is 10.8. The Bertz CT molecular complexity index is 267. The molecule has 2 fully saturated rings. The highest BCUT2D eigenvalue weighted by Gasteiger charge is 2.31. The molecular formula is C21H40O.